The van der Waals surface area contributed by atoms with E-state index in [4.69, 9.17) is 4.74 Å². The molecule has 7 heteroatoms. The number of urea groups is 1. The lowest BCUT2D eigenvalue weighted by atomic mass is 10.1. The molecule has 0 radical (unpaired) electrons. The Morgan fingerprint density at radius 2 is 1.84 bits per heavy atom. The van der Waals surface area contributed by atoms with Gasteiger partial charge in [0, 0.05) is 13.0 Å². The molecule has 1 N–H and O–H groups in total. The highest BCUT2D eigenvalue weighted by Gasteiger charge is 2.25. The fraction of sp³-hybridized carbons (Fsp3) is 0.375. The molecular weight excluding hydrogens is 390 g/mol. The zero-order valence-corrected chi connectivity index (χ0v) is 18.2. The molecule has 0 fully saturated rings. The number of amides is 2. The number of nitrogens with one attached hydrogen (secondary N) is 1. The predicted octanol–water partition coefficient (Wildman–Crippen LogP) is 4.81. The number of ether oxygens (including phenoxy) is 1. The van der Waals surface area contributed by atoms with Crippen molar-refractivity contribution >= 4 is 17.7 Å². The van der Waals surface area contributed by atoms with Gasteiger partial charge in [-0.25, -0.2) is 4.79 Å². The van der Waals surface area contributed by atoms with E-state index < -0.39 is 0 Å². The van der Waals surface area contributed by atoms with Crippen molar-refractivity contribution in [1.29, 1.82) is 0 Å². The first-order valence-electron chi connectivity index (χ1n) is 10.9. The summed E-state index contributed by atoms with van der Waals surface area (Å²) in [5.41, 5.74) is 2.93. The SMILES string of the molecule is CCc1ccc(CN(C(=O)Nc2ccccc2OC)c2nnc3n2CCCCC3)cc1. The number of anilines is 2. The van der Waals surface area contributed by atoms with E-state index in [1.54, 1.807) is 12.0 Å². The maximum absolute atomic E-state index is 13.5. The summed E-state index contributed by atoms with van der Waals surface area (Å²) in [5, 5.41) is 11.8. The molecule has 2 amide bonds. The third-order valence-corrected chi connectivity index (χ3v) is 5.70. The van der Waals surface area contributed by atoms with Gasteiger partial charge >= 0.3 is 6.03 Å². The van der Waals surface area contributed by atoms with Gasteiger partial charge in [0.1, 0.15) is 11.6 Å². The Bertz CT molecular complexity index is 1030. The van der Waals surface area contributed by atoms with Crippen LogP contribution in [0.25, 0.3) is 0 Å². The second-order valence-corrected chi connectivity index (χ2v) is 7.77. The maximum Gasteiger partial charge on any atom is 0.329 e. The summed E-state index contributed by atoms with van der Waals surface area (Å²) < 4.78 is 7.49. The van der Waals surface area contributed by atoms with E-state index in [9.17, 15) is 4.79 Å². The van der Waals surface area contributed by atoms with Gasteiger partial charge in [0.25, 0.3) is 0 Å². The molecule has 31 heavy (non-hydrogen) atoms. The molecule has 0 saturated heterocycles. The van der Waals surface area contributed by atoms with Gasteiger partial charge in [0.15, 0.2) is 0 Å². The van der Waals surface area contributed by atoms with Crippen molar-refractivity contribution in [2.45, 2.75) is 52.1 Å². The van der Waals surface area contributed by atoms with Crippen molar-refractivity contribution in [2.24, 2.45) is 0 Å². The third-order valence-electron chi connectivity index (χ3n) is 5.70. The van der Waals surface area contributed by atoms with Gasteiger partial charge in [-0.05, 0) is 42.5 Å². The van der Waals surface area contributed by atoms with Gasteiger partial charge in [-0.3, -0.25) is 9.47 Å². The summed E-state index contributed by atoms with van der Waals surface area (Å²) in [6, 6.07) is 15.5. The lowest BCUT2D eigenvalue weighted by Crippen LogP contribution is -2.36. The number of benzene rings is 2. The standard InChI is InChI=1S/C24H29N5O2/c1-3-18-12-14-19(15-13-18)17-29(23-27-26-22-11-5-4-8-16-28(22)23)24(30)25-20-9-6-7-10-21(20)31-2/h6-7,9-10,12-15H,3-5,8,11,16-17H2,1-2H3,(H,25,30). The number of aromatic nitrogens is 3. The van der Waals surface area contributed by atoms with Crippen molar-refractivity contribution < 1.29 is 9.53 Å². The number of aryl methyl sites for hydroxylation is 2. The summed E-state index contributed by atoms with van der Waals surface area (Å²) >= 11 is 0. The van der Waals surface area contributed by atoms with E-state index in [1.165, 1.54) is 5.56 Å². The van der Waals surface area contributed by atoms with Crippen molar-refractivity contribution in [2.75, 3.05) is 17.3 Å². The molecule has 0 saturated carbocycles. The van der Waals surface area contributed by atoms with Crippen LogP contribution < -0.4 is 15.0 Å². The summed E-state index contributed by atoms with van der Waals surface area (Å²) in [6.45, 7) is 3.36. The first-order valence-corrected chi connectivity index (χ1v) is 10.9. The minimum Gasteiger partial charge on any atom is -0.495 e. The minimum absolute atomic E-state index is 0.261. The number of hydrogen-bond donors (Lipinski definition) is 1. The molecule has 2 aromatic carbocycles. The minimum atomic E-state index is -0.261. The van der Waals surface area contributed by atoms with E-state index in [1.807, 2.05) is 24.3 Å². The van der Waals surface area contributed by atoms with Gasteiger partial charge in [-0.2, -0.15) is 0 Å². The van der Waals surface area contributed by atoms with Gasteiger partial charge < -0.3 is 10.1 Å². The summed E-state index contributed by atoms with van der Waals surface area (Å²) in [7, 11) is 1.59. The Balaban J connectivity index is 1.66. The fourth-order valence-electron chi connectivity index (χ4n) is 3.90. The number of rotatable bonds is 6. The summed E-state index contributed by atoms with van der Waals surface area (Å²) in [5.74, 6) is 2.15. The van der Waals surface area contributed by atoms with E-state index in [0.29, 0.717) is 23.9 Å². The van der Waals surface area contributed by atoms with Crippen LogP contribution in [0.4, 0.5) is 16.4 Å². The zero-order valence-electron chi connectivity index (χ0n) is 18.2. The molecule has 1 aliphatic heterocycles. The highest BCUT2D eigenvalue weighted by atomic mass is 16.5. The molecule has 0 unspecified atom stereocenters. The van der Waals surface area contributed by atoms with Crippen molar-refractivity contribution in [3.8, 4) is 5.75 Å². The van der Waals surface area contributed by atoms with Crippen LogP contribution in [0.1, 0.15) is 43.1 Å². The summed E-state index contributed by atoms with van der Waals surface area (Å²) in [6.07, 6.45) is 5.19. The number of hydrogen-bond acceptors (Lipinski definition) is 4. The van der Waals surface area contributed by atoms with Gasteiger partial charge in [-0.1, -0.05) is 49.7 Å². The quantitative estimate of drug-likeness (QED) is 0.622. The molecule has 0 aliphatic carbocycles. The van der Waals surface area contributed by atoms with Crippen LogP contribution in [-0.2, 0) is 25.9 Å². The topological polar surface area (TPSA) is 72.3 Å². The Hall–Kier alpha value is -3.35. The average Bonchev–Trinajstić information content (AvgIpc) is 3.05. The predicted molar refractivity (Wildman–Crippen MR) is 122 cm³/mol. The highest BCUT2D eigenvalue weighted by Crippen LogP contribution is 2.26. The maximum atomic E-state index is 13.5. The molecule has 1 aromatic heterocycles. The van der Waals surface area contributed by atoms with Crippen molar-refractivity contribution in [1.82, 2.24) is 14.8 Å². The number of fused-ring (bicyclic) bond motifs is 1. The number of carbonyl (C=O) groups is 1. The van der Waals surface area contributed by atoms with E-state index in [0.717, 1.165) is 50.0 Å². The largest absolute Gasteiger partial charge is 0.495 e. The Labute approximate surface area is 183 Å². The van der Waals surface area contributed by atoms with Crippen molar-refractivity contribution in [3.63, 3.8) is 0 Å². The number of methoxy groups -OCH3 is 1. The van der Waals surface area contributed by atoms with Crippen LogP contribution >= 0.6 is 0 Å². The van der Waals surface area contributed by atoms with E-state index in [2.05, 4.69) is 51.3 Å². The monoisotopic (exact) mass is 419 g/mol. The second-order valence-electron chi connectivity index (χ2n) is 7.77. The smallest absolute Gasteiger partial charge is 0.329 e. The van der Waals surface area contributed by atoms with Crippen molar-refractivity contribution in [3.05, 3.63) is 65.5 Å². The normalized spacial score (nSPS) is 13.2. The second kappa shape index (κ2) is 9.64. The molecule has 1 aliphatic rings. The third kappa shape index (κ3) is 4.71. The zero-order chi connectivity index (χ0) is 21.6. The van der Waals surface area contributed by atoms with Crippen LogP contribution in [0.3, 0.4) is 0 Å². The highest BCUT2D eigenvalue weighted by molar-refractivity contribution is 6.01. The van der Waals surface area contributed by atoms with E-state index >= 15 is 0 Å². The Morgan fingerprint density at radius 1 is 1.06 bits per heavy atom. The molecule has 2 heterocycles. The molecular formula is C24H29N5O2. The van der Waals surface area contributed by atoms with Crippen LogP contribution in [0, 0.1) is 0 Å². The van der Waals surface area contributed by atoms with Crippen LogP contribution in [-0.4, -0.2) is 27.9 Å². The average molecular weight is 420 g/mol. The first kappa shape index (κ1) is 20.9. The van der Waals surface area contributed by atoms with Crippen LogP contribution in [0.5, 0.6) is 5.75 Å². The summed E-state index contributed by atoms with van der Waals surface area (Å²) in [4.78, 5) is 15.1. The Morgan fingerprint density at radius 3 is 2.61 bits per heavy atom. The van der Waals surface area contributed by atoms with Crippen LogP contribution in [0.2, 0.25) is 0 Å². The first-order chi connectivity index (χ1) is 15.2. The van der Waals surface area contributed by atoms with Crippen LogP contribution in [0.15, 0.2) is 48.5 Å². The number of carbonyl (C=O) groups excluding carboxylic acids is 1. The lowest BCUT2D eigenvalue weighted by molar-refractivity contribution is 0.256. The fourth-order valence-corrected chi connectivity index (χ4v) is 3.90. The molecule has 0 spiro atoms. The molecule has 0 bridgehead atoms. The molecule has 162 valence electrons. The molecule has 0 atom stereocenters. The number of para-hydroxylation sites is 2. The number of nitrogens with zero attached hydrogens (tertiary/aromatic N) is 4. The molecule has 4 rings (SSSR count). The molecule has 7 nitrogen and oxygen atoms in total. The Kier molecular flexibility index (Phi) is 6.50. The lowest BCUT2D eigenvalue weighted by Gasteiger charge is -2.23. The van der Waals surface area contributed by atoms with Gasteiger partial charge in [0.2, 0.25) is 5.95 Å². The molecule has 3 aromatic rings. The van der Waals surface area contributed by atoms with E-state index in [-0.39, 0.29) is 6.03 Å². The van der Waals surface area contributed by atoms with Gasteiger partial charge in [0.05, 0.1) is 19.3 Å². The van der Waals surface area contributed by atoms with Gasteiger partial charge in [-0.15, -0.1) is 10.2 Å².